The summed E-state index contributed by atoms with van der Waals surface area (Å²) in [6.07, 6.45) is 2.14. The quantitative estimate of drug-likeness (QED) is 0.655. The van der Waals surface area contributed by atoms with E-state index in [1.165, 1.54) is 15.6 Å². The Hall–Kier alpha value is -0.0300. The lowest BCUT2D eigenvalue weighted by Crippen LogP contribution is -1.80. The molecule has 1 aromatic heterocycles. The van der Waals surface area contributed by atoms with E-state index < -0.39 is 0 Å². The van der Waals surface area contributed by atoms with Gasteiger partial charge in [0, 0.05) is 0 Å². The van der Waals surface area contributed by atoms with E-state index in [0.717, 1.165) is 0 Å². The molecule has 0 N–H and O–H groups in total. The van der Waals surface area contributed by atoms with Gasteiger partial charge in [0.15, 0.2) is 0 Å². The third kappa shape index (κ3) is 1.08. The number of hydrogen-bond acceptors (Lipinski definition) is 2. The van der Waals surface area contributed by atoms with E-state index in [0.29, 0.717) is 0 Å². The molecule has 0 radical (unpaired) electrons. The van der Waals surface area contributed by atoms with Crippen molar-refractivity contribution in [3.05, 3.63) is 19.7 Å². The predicted octanol–water partition coefficient (Wildman–Crippen LogP) is 2.56. The zero-order valence-corrected chi connectivity index (χ0v) is 8.44. The molecule has 1 aliphatic rings. The van der Waals surface area contributed by atoms with E-state index in [9.17, 15) is 0 Å². The number of nitrogens with zero attached hydrogens (tertiary/aromatic N) is 1. The highest BCUT2D eigenvalue weighted by molar-refractivity contribution is 14.2. The molecular weight excluding hydrogens is 257 g/mol. The van der Waals surface area contributed by atoms with E-state index in [4.69, 9.17) is 0 Å². The lowest BCUT2D eigenvalue weighted by molar-refractivity contribution is 1.27. The Morgan fingerprint density at radius 3 is 3.30 bits per heavy atom. The van der Waals surface area contributed by atoms with Crippen LogP contribution in [-0.4, -0.2) is 9.00 Å². The topological polar surface area (TPSA) is 12.9 Å². The zero-order valence-electron chi connectivity index (χ0n) is 5.47. The third-order valence-electron chi connectivity index (χ3n) is 1.24. The fourth-order valence-corrected chi connectivity index (χ4v) is 3.70. The Morgan fingerprint density at radius 2 is 2.50 bits per heavy atom. The van der Waals surface area contributed by atoms with Gasteiger partial charge in [0.05, 0.1) is 15.6 Å². The number of halogens is 1. The van der Waals surface area contributed by atoms with Crippen LogP contribution >= 0.6 is 32.1 Å². The molecule has 1 aromatic rings. The van der Waals surface area contributed by atoms with E-state index in [-0.39, 0.29) is 20.7 Å². The minimum absolute atomic E-state index is 0.204. The Morgan fingerprint density at radius 1 is 1.60 bits per heavy atom. The van der Waals surface area contributed by atoms with Gasteiger partial charge in [-0.15, -0.1) is 11.3 Å². The SMILES string of the molecule is Cc1nc2c(s1)C=IC=C2. The maximum Gasteiger partial charge on any atom is 0.0907 e. The van der Waals surface area contributed by atoms with Crippen LogP contribution in [0.3, 0.4) is 0 Å². The van der Waals surface area contributed by atoms with Crippen molar-refractivity contribution in [2.75, 3.05) is 0 Å². The molecule has 1 nitrogen and oxygen atoms in total. The molecule has 2 rings (SSSR count). The molecule has 0 fully saturated rings. The second-order valence-corrected chi connectivity index (χ2v) is 5.31. The van der Waals surface area contributed by atoms with Crippen LogP contribution < -0.4 is 0 Å². The van der Waals surface area contributed by atoms with Gasteiger partial charge in [0.25, 0.3) is 0 Å². The minimum atomic E-state index is 0.204. The van der Waals surface area contributed by atoms with Crippen LogP contribution in [0.25, 0.3) is 6.08 Å². The van der Waals surface area contributed by atoms with Gasteiger partial charge in [0.2, 0.25) is 0 Å². The molecule has 1 aliphatic heterocycles. The van der Waals surface area contributed by atoms with Crippen LogP contribution in [0.15, 0.2) is 4.08 Å². The first-order chi connectivity index (χ1) is 4.86. The molecule has 0 aromatic carbocycles. The van der Waals surface area contributed by atoms with Crippen molar-refractivity contribution in [2.24, 2.45) is 0 Å². The van der Waals surface area contributed by atoms with E-state index in [1.54, 1.807) is 11.3 Å². The number of aryl methyl sites for hydroxylation is 1. The lowest BCUT2D eigenvalue weighted by atomic mass is 10.4. The first kappa shape index (κ1) is 6.67. The number of aromatic nitrogens is 1. The van der Waals surface area contributed by atoms with Crippen LogP contribution in [-0.2, 0) is 0 Å². The smallest absolute Gasteiger partial charge is 0.0907 e. The van der Waals surface area contributed by atoms with Crippen molar-refractivity contribution in [3.63, 3.8) is 0 Å². The number of thiazole rings is 1. The Bertz CT molecular complexity index is 282. The molecule has 0 spiro atoms. The summed E-state index contributed by atoms with van der Waals surface area (Å²) in [5.41, 5.74) is 1.17. The Kier molecular flexibility index (Phi) is 1.69. The molecule has 0 unspecified atom stereocenters. The molecule has 3 heteroatoms. The second kappa shape index (κ2) is 2.54. The molecule has 0 aliphatic carbocycles. The fourth-order valence-electron chi connectivity index (χ4n) is 0.846. The van der Waals surface area contributed by atoms with Gasteiger partial charge in [-0.3, -0.25) is 0 Å². The van der Waals surface area contributed by atoms with E-state index in [2.05, 4.69) is 26.1 Å². The van der Waals surface area contributed by atoms with Gasteiger partial charge in [-0.05, 0) is 21.1 Å². The fraction of sp³-hybridized carbons (Fsp3) is 0.143. The molecule has 0 saturated heterocycles. The molecule has 52 valence electrons. The van der Waals surface area contributed by atoms with Gasteiger partial charge in [-0.2, -0.15) is 0 Å². The van der Waals surface area contributed by atoms with Crippen LogP contribution in [0.4, 0.5) is 0 Å². The first-order valence-electron chi connectivity index (χ1n) is 2.95. The van der Waals surface area contributed by atoms with Crippen LogP contribution in [0.2, 0.25) is 0 Å². The predicted molar refractivity (Wildman–Crippen MR) is 55.1 cm³/mol. The number of hydrogen-bond donors (Lipinski definition) is 0. The molecule has 0 amide bonds. The summed E-state index contributed by atoms with van der Waals surface area (Å²) in [6, 6.07) is 0. The molecule has 0 atom stereocenters. The third-order valence-corrected chi connectivity index (χ3v) is 4.36. The average molecular weight is 263 g/mol. The summed E-state index contributed by atoms with van der Waals surface area (Å²) in [7, 11) is 0. The summed E-state index contributed by atoms with van der Waals surface area (Å²) in [6.45, 7) is 2.06. The highest BCUT2D eigenvalue weighted by Crippen LogP contribution is 2.23. The molecule has 0 saturated carbocycles. The average Bonchev–Trinajstić information content (AvgIpc) is 2.27. The normalized spacial score (nSPS) is 14.5. The maximum absolute atomic E-state index is 4.37. The Labute approximate surface area is 73.6 Å². The molecule has 2 heterocycles. The van der Waals surface area contributed by atoms with Crippen molar-refractivity contribution in [3.8, 4) is 0 Å². The van der Waals surface area contributed by atoms with Crippen LogP contribution in [0.1, 0.15) is 15.6 Å². The summed E-state index contributed by atoms with van der Waals surface area (Å²) >= 11 is 2.00. The molecule has 10 heavy (non-hydrogen) atoms. The summed E-state index contributed by atoms with van der Waals surface area (Å²) < 4.78 is 4.58. The molecular formula is C7H6INS. The van der Waals surface area contributed by atoms with Crippen molar-refractivity contribution < 1.29 is 0 Å². The van der Waals surface area contributed by atoms with Gasteiger partial charge < -0.3 is 0 Å². The maximum atomic E-state index is 4.37. The largest absolute Gasteiger partial charge is 0.241 e. The monoisotopic (exact) mass is 263 g/mol. The number of fused-ring (bicyclic) bond motifs is 1. The number of rotatable bonds is 0. The van der Waals surface area contributed by atoms with Crippen LogP contribution in [0.5, 0.6) is 0 Å². The van der Waals surface area contributed by atoms with Gasteiger partial charge in [-0.1, -0.05) is 20.7 Å². The summed E-state index contributed by atoms with van der Waals surface area (Å²) in [5, 5.41) is 1.18. The van der Waals surface area contributed by atoms with Crippen molar-refractivity contribution in [1.82, 2.24) is 4.98 Å². The van der Waals surface area contributed by atoms with E-state index in [1.807, 2.05) is 0 Å². The van der Waals surface area contributed by atoms with Crippen molar-refractivity contribution in [2.45, 2.75) is 6.92 Å². The lowest BCUT2D eigenvalue weighted by Gasteiger charge is -1.90. The van der Waals surface area contributed by atoms with Gasteiger partial charge in [-0.25, -0.2) is 4.98 Å². The van der Waals surface area contributed by atoms with Crippen LogP contribution in [0, 0.1) is 6.92 Å². The molecule has 0 bridgehead atoms. The highest BCUT2D eigenvalue weighted by atomic mass is 127. The van der Waals surface area contributed by atoms with Gasteiger partial charge in [0.1, 0.15) is 0 Å². The Balaban J connectivity index is 2.64. The zero-order chi connectivity index (χ0) is 6.97. The summed E-state index contributed by atoms with van der Waals surface area (Å²) in [4.78, 5) is 5.75. The second-order valence-electron chi connectivity index (χ2n) is 2.01. The van der Waals surface area contributed by atoms with Gasteiger partial charge >= 0.3 is 0 Å². The van der Waals surface area contributed by atoms with E-state index >= 15 is 0 Å². The highest BCUT2D eigenvalue weighted by Gasteiger charge is 2.04. The minimum Gasteiger partial charge on any atom is -0.241 e. The standard InChI is InChI=1S/C7H6INS/c1-5-9-6-2-3-8-4-7(6)10-5/h2-4H,1H3. The summed E-state index contributed by atoms with van der Waals surface area (Å²) in [5.74, 6) is 0. The first-order valence-corrected chi connectivity index (χ1v) is 6.26. The van der Waals surface area contributed by atoms with Crippen molar-refractivity contribution in [1.29, 1.82) is 0 Å². The van der Waals surface area contributed by atoms with Crippen molar-refractivity contribution >= 4 is 42.2 Å².